The van der Waals surface area contributed by atoms with Crippen molar-refractivity contribution in [3.05, 3.63) is 53.6 Å². The summed E-state index contributed by atoms with van der Waals surface area (Å²) in [6.45, 7) is 4.44. The lowest BCUT2D eigenvalue weighted by molar-refractivity contribution is -0.275. The molecule has 6 heteroatoms. The summed E-state index contributed by atoms with van der Waals surface area (Å²) in [4.78, 5) is 0. The first kappa shape index (κ1) is 22.6. The minimum atomic E-state index is -4.98. The van der Waals surface area contributed by atoms with Gasteiger partial charge >= 0.3 is 6.36 Å². The number of ether oxygens (including phenoxy) is 1. The molecule has 0 radical (unpaired) electrons. The van der Waals surface area contributed by atoms with E-state index in [0.717, 1.165) is 30.0 Å². The summed E-state index contributed by atoms with van der Waals surface area (Å²) in [5.74, 6) is -0.716. The van der Waals surface area contributed by atoms with Crippen molar-refractivity contribution in [1.82, 2.24) is 0 Å². The van der Waals surface area contributed by atoms with E-state index in [1.54, 1.807) is 6.07 Å². The van der Waals surface area contributed by atoms with E-state index in [2.05, 4.69) is 18.6 Å². The summed E-state index contributed by atoms with van der Waals surface area (Å²) in [5, 5.41) is 0. The molecule has 1 unspecified atom stereocenters. The molecule has 30 heavy (non-hydrogen) atoms. The number of hydrogen-bond donors (Lipinski definition) is 0. The zero-order valence-electron chi connectivity index (χ0n) is 17.2. The zero-order chi connectivity index (χ0) is 21.9. The Bertz CT molecular complexity index is 853. The second-order valence-electron chi connectivity index (χ2n) is 8.38. The molecule has 0 saturated heterocycles. The average Bonchev–Trinajstić information content (AvgIpc) is 2.69. The first-order chi connectivity index (χ1) is 14.2. The fourth-order valence-electron chi connectivity index (χ4n) is 4.50. The van der Waals surface area contributed by atoms with Crippen molar-refractivity contribution in [3.63, 3.8) is 0 Å². The summed E-state index contributed by atoms with van der Waals surface area (Å²) in [6.07, 6.45) is 1.97. The topological polar surface area (TPSA) is 9.23 Å². The highest BCUT2D eigenvalue weighted by molar-refractivity contribution is 5.65. The molecule has 2 aromatic rings. The highest BCUT2D eigenvalue weighted by atomic mass is 19.4. The lowest BCUT2D eigenvalue weighted by Crippen LogP contribution is -2.21. The summed E-state index contributed by atoms with van der Waals surface area (Å²) in [7, 11) is 0. The van der Waals surface area contributed by atoms with Gasteiger partial charge in [-0.1, -0.05) is 51.3 Å². The smallest absolute Gasteiger partial charge is 0.403 e. The summed E-state index contributed by atoms with van der Waals surface area (Å²) >= 11 is 0. The lowest BCUT2D eigenvalue weighted by Gasteiger charge is -2.32. The van der Waals surface area contributed by atoms with E-state index in [1.807, 2.05) is 6.07 Å². The minimum absolute atomic E-state index is 0.146. The summed E-state index contributed by atoms with van der Waals surface area (Å²) < 4.78 is 69.1. The maximum Gasteiger partial charge on any atom is 0.573 e. The Morgan fingerprint density at radius 2 is 1.67 bits per heavy atom. The maximum atomic E-state index is 14.7. The average molecular weight is 426 g/mol. The van der Waals surface area contributed by atoms with Gasteiger partial charge < -0.3 is 4.74 Å². The number of halogens is 5. The summed E-state index contributed by atoms with van der Waals surface area (Å²) in [6, 6.07) is 7.75. The van der Waals surface area contributed by atoms with Crippen LogP contribution in [0.15, 0.2) is 36.4 Å². The predicted octanol–water partition coefficient (Wildman–Crippen LogP) is 7.93. The first-order valence-electron chi connectivity index (χ1n) is 10.5. The third kappa shape index (κ3) is 5.73. The molecule has 0 N–H and O–H groups in total. The Morgan fingerprint density at radius 3 is 2.23 bits per heavy atom. The molecule has 0 bridgehead atoms. The van der Waals surface area contributed by atoms with Crippen LogP contribution in [0.2, 0.25) is 0 Å². The largest absolute Gasteiger partial charge is 0.573 e. The molecule has 1 atom stereocenters. The summed E-state index contributed by atoms with van der Waals surface area (Å²) in [5.41, 5.74) is 1.18. The third-order valence-corrected chi connectivity index (χ3v) is 6.33. The van der Waals surface area contributed by atoms with Crippen molar-refractivity contribution in [3.8, 4) is 16.9 Å². The molecule has 164 valence electrons. The van der Waals surface area contributed by atoms with Gasteiger partial charge in [-0.3, -0.25) is 0 Å². The van der Waals surface area contributed by atoms with Crippen molar-refractivity contribution < 1.29 is 26.7 Å². The molecule has 0 aliphatic heterocycles. The highest BCUT2D eigenvalue weighted by Crippen LogP contribution is 2.36. The van der Waals surface area contributed by atoms with Crippen LogP contribution in [0, 0.1) is 29.4 Å². The maximum absolute atomic E-state index is 14.7. The molecule has 2 aromatic carbocycles. The Balaban J connectivity index is 1.69. The molecule has 0 aromatic heterocycles. The Hall–Kier alpha value is -2.11. The normalized spacial score (nSPS) is 20.8. The number of hydrogen-bond acceptors (Lipinski definition) is 1. The van der Waals surface area contributed by atoms with Crippen molar-refractivity contribution in [2.75, 3.05) is 0 Å². The van der Waals surface area contributed by atoms with Gasteiger partial charge in [0.15, 0.2) is 11.6 Å². The van der Waals surface area contributed by atoms with Crippen molar-refractivity contribution in [2.24, 2.45) is 17.8 Å². The van der Waals surface area contributed by atoms with Crippen LogP contribution in [-0.2, 0) is 6.42 Å². The SMILES string of the molecule is CCC1CCC(C(C)Cc2ccc(-c3ccc(OC(F)(F)F)c(F)c3)c(F)c2)CC1. The van der Waals surface area contributed by atoms with E-state index in [4.69, 9.17) is 0 Å². The monoisotopic (exact) mass is 426 g/mol. The standard InChI is InChI=1S/C24H27F5O/c1-3-16-4-7-18(8-5-16)15(2)12-17-6-10-20(21(25)13-17)19-9-11-23(22(26)14-19)30-24(27,28)29/h6,9-11,13-16,18H,3-5,7-8,12H2,1-2H3. The molecule has 0 spiro atoms. The van der Waals surface area contributed by atoms with E-state index in [0.29, 0.717) is 11.8 Å². The molecular formula is C24H27F5O. The Morgan fingerprint density at radius 1 is 0.967 bits per heavy atom. The van der Waals surface area contributed by atoms with E-state index >= 15 is 0 Å². The Kier molecular flexibility index (Phi) is 7.04. The van der Waals surface area contributed by atoms with E-state index in [-0.39, 0.29) is 11.1 Å². The lowest BCUT2D eigenvalue weighted by atomic mass is 9.74. The van der Waals surface area contributed by atoms with Gasteiger partial charge in [-0.15, -0.1) is 13.2 Å². The van der Waals surface area contributed by atoms with Gasteiger partial charge in [-0.05, 0) is 66.3 Å². The number of alkyl halides is 3. The molecule has 1 aliphatic carbocycles. The van der Waals surface area contributed by atoms with E-state index in [1.165, 1.54) is 44.2 Å². The van der Waals surface area contributed by atoms with Crippen LogP contribution in [0.25, 0.3) is 11.1 Å². The van der Waals surface area contributed by atoms with Gasteiger partial charge in [0.1, 0.15) is 5.82 Å². The van der Waals surface area contributed by atoms with Crippen LogP contribution in [0.1, 0.15) is 51.5 Å². The molecular weight excluding hydrogens is 399 g/mol. The highest BCUT2D eigenvalue weighted by Gasteiger charge is 2.32. The second kappa shape index (κ2) is 9.36. The quantitative estimate of drug-likeness (QED) is 0.426. The van der Waals surface area contributed by atoms with Crippen LogP contribution in [-0.4, -0.2) is 6.36 Å². The Labute approximate surface area is 174 Å². The van der Waals surface area contributed by atoms with Gasteiger partial charge in [0.25, 0.3) is 0 Å². The van der Waals surface area contributed by atoms with Crippen molar-refractivity contribution in [1.29, 1.82) is 0 Å². The molecule has 1 aliphatic rings. The van der Waals surface area contributed by atoms with Crippen LogP contribution in [0.3, 0.4) is 0 Å². The van der Waals surface area contributed by atoms with Gasteiger partial charge in [0.2, 0.25) is 0 Å². The molecule has 1 saturated carbocycles. The molecule has 1 nitrogen and oxygen atoms in total. The van der Waals surface area contributed by atoms with Gasteiger partial charge in [-0.2, -0.15) is 0 Å². The van der Waals surface area contributed by atoms with Crippen LogP contribution in [0.5, 0.6) is 5.75 Å². The van der Waals surface area contributed by atoms with Gasteiger partial charge in [0, 0.05) is 5.56 Å². The van der Waals surface area contributed by atoms with Crippen molar-refractivity contribution in [2.45, 2.75) is 58.7 Å². The van der Waals surface area contributed by atoms with E-state index < -0.39 is 23.7 Å². The van der Waals surface area contributed by atoms with Gasteiger partial charge in [0.05, 0.1) is 0 Å². The molecule has 0 heterocycles. The minimum Gasteiger partial charge on any atom is -0.403 e. The third-order valence-electron chi connectivity index (χ3n) is 6.33. The van der Waals surface area contributed by atoms with Crippen LogP contribution >= 0.6 is 0 Å². The van der Waals surface area contributed by atoms with E-state index in [9.17, 15) is 22.0 Å². The van der Waals surface area contributed by atoms with Crippen molar-refractivity contribution >= 4 is 0 Å². The van der Waals surface area contributed by atoms with Gasteiger partial charge in [-0.25, -0.2) is 8.78 Å². The van der Waals surface area contributed by atoms with Crippen LogP contribution in [0.4, 0.5) is 22.0 Å². The fraction of sp³-hybridized carbons (Fsp3) is 0.500. The first-order valence-corrected chi connectivity index (χ1v) is 10.5. The van der Waals surface area contributed by atoms with Crippen LogP contribution < -0.4 is 4.74 Å². The number of benzene rings is 2. The second-order valence-corrected chi connectivity index (χ2v) is 8.38. The molecule has 1 fully saturated rings. The number of rotatable bonds is 6. The fourth-order valence-corrected chi connectivity index (χ4v) is 4.50. The molecule has 3 rings (SSSR count). The predicted molar refractivity (Wildman–Crippen MR) is 107 cm³/mol. The molecule has 0 amide bonds. The zero-order valence-corrected chi connectivity index (χ0v) is 17.2.